The highest BCUT2D eigenvalue weighted by Gasteiger charge is 2.31. The molecule has 2 aromatic rings. The maximum absolute atomic E-state index is 13.3. The number of carboxylic acids is 2. The molecule has 4 unspecified atom stereocenters. The van der Waals surface area contributed by atoms with Gasteiger partial charge in [-0.2, -0.15) is 0 Å². The standard InChI is InChI=1S/C27H33N5O9/c28-18(12-16-6-8-17(33)9-7-16)24(37)31-20(13-15-4-2-1-3-5-15)25(38)32-21(14-22(29)34)26(39)30-19(27(40)41)10-11-23(35)36/h1-9,18-21,33H,10-14,28H2,(H2,29,34)(H,30,39)(H,31,37)(H,32,38)(H,35,36)(H,40,41). The fraction of sp³-hybridized carbons (Fsp3) is 0.333. The second-order valence-electron chi connectivity index (χ2n) is 9.29. The van der Waals surface area contributed by atoms with Crippen molar-refractivity contribution < 1.29 is 44.1 Å². The highest BCUT2D eigenvalue weighted by atomic mass is 16.4. The van der Waals surface area contributed by atoms with Gasteiger partial charge >= 0.3 is 11.9 Å². The Hall–Kier alpha value is -4.98. The number of carboxylic acid groups (broad SMARTS) is 2. The topological polar surface area (TPSA) is 251 Å². The average molecular weight is 572 g/mol. The molecule has 0 aliphatic rings. The molecule has 0 aliphatic heterocycles. The monoisotopic (exact) mass is 571 g/mol. The molecule has 2 aromatic carbocycles. The summed E-state index contributed by atoms with van der Waals surface area (Å²) < 4.78 is 0. The average Bonchev–Trinajstić information content (AvgIpc) is 2.91. The van der Waals surface area contributed by atoms with Gasteiger partial charge in [-0.3, -0.25) is 24.0 Å². The maximum Gasteiger partial charge on any atom is 0.326 e. The number of hydrogen-bond donors (Lipinski definition) is 8. The normalized spacial score (nSPS) is 13.6. The first-order chi connectivity index (χ1) is 19.3. The number of amides is 4. The van der Waals surface area contributed by atoms with Crippen LogP contribution in [0.25, 0.3) is 0 Å². The Labute approximate surface area is 235 Å². The molecule has 14 nitrogen and oxygen atoms in total. The number of aliphatic carboxylic acids is 2. The summed E-state index contributed by atoms with van der Waals surface area (Å²) in [7, 11) is 0. The molecule has 10 N–H and O–H groups in total. The van der Waals surface area contributed by atoms with E-state index in [4.69, 9.17) is 16.6 Å². The van der Waals surface area contributed by atoms with Crippen LogP contribution in [-0.2, 0) is 41.6 Å². The number of benzene rings is 2. The fourth-order valence-electron chi connectivity index (χ4n) is 3.80. The van der Waals surface area contributed by atoms with Crippen molar-refractivity contribution in [2.24, 2.45) is 11.5 Å². The van der Waals surface area contributed by atoms with E-state index in [1.165, 1.54) is 12.1 Å². The molecule has 0 aromatic heterocycles. The van der Waals surface area contributed by atoms with Gasteiger partial charge in [-0.05, 0) is 36.1 Å². The van der Waals surface area contributed by atoms with Gasteiger partial charge < -0.3 is 42.7 Å². The first-order valence-corrected chi connectivity index (χ1v) is 12.6. The van der Waals surface area contributed by atoms with Crippen molar-refractivity contribution in [2.45, 2.75) is 56.3 Å². The molecule has 2 rings (SSSR count). The third-order valence-electron chi connectivity index (χ3n) is 5.94. The number of phenolic OH excluding ortho intramolecular Hbond substituents is 1. The van der Waals surface area contributed by atoms with Gasteiger partial charge in [0.25, 0.3) is 0 Å². The molecule has 0 fully saturated rings. The van der Waals surface area contributed by atoms with Crippen molar-refractivity contribution in [3.8, 4) is 5.75 Å². The number of nitrogens with two attached hydrogens (primary N) is 2. The predicted octanol–water partition coefficient (Wildman–Crippen LogP) is -1.22. The molecular weight excluding hydrogens is 538 g/mol. The number of phenols is 1. The Morgan fingerprint density at radius 1 is 0.707 bits per heavy atom. The summed E-state index contributed by atoms with van der Waals surface area (Å²) in [5.41, 5.74) is 12.6. The zero-order valence-electron chi connectivity index (χ0n) is 22.0. The summed E-state index contributed by atoms with van der Waals surface area (Å²) in [6, 6.07) is 9.07. The van der Waals surface area contributed by atoms with Crippen LogP contribution < -0.4 is 27.4 Å². The molecule has 4 amide bonds. The van der Waals surface area contributed by atoms with Crippen LogP contribution in [0.2, 0.25) is 0 Å². The van der Waals surface area contributed by atoms with E-state index >= 15 is 0 Å². The molecule has 0 radical (unpaired) electrons. The number of hydrogen-bond acceptors (Lipinski definition) is 8. The van der Waals surface area contributed by atoms with Crippen molar-refractivity contribution in [3.05, 3.63) is 65.7 Å². The lowest BCUT2D eigenvalue weighted by atomic mass is 10.0. The smallest absolute Gasteiger partial charge is 0.326 e. The SMILES string of the molecule is NC(=O)CC(NC(=O)C(Cc1ccccc1)NC(=O)C(N)Cc1ccc(O)cc1)C(=O)NC(CCC(=O)O)C(=O)O. The summed E-state index contributed by atoms with van der Waals surface area (Å²) >= 11 is 0. The lowest BCUT2D eigenvalue weighted by Crippen LogP contribution is -2.58. The van der Waals surface area contributed by atoms with Gasteiger partial charge in [0.2, 0.25) is 23.6 Å². The minimum Gasteiger partial charge on any atom is -0.508 e. The van der Waals surface area contributed by atoms with Gasteiger partial charge in [-0.15, -0.1) is 0 Å². The van der Waals surface area contributed by atoms with Crippen molar-refractivity contribution >= 4 is 35.6 Å². The Kier molecular flexibility index (Phi) is 12.2. The number of rotatable bonds is 16. The summed E-state index contributed by atoms with van der Waals surface area (Å²) in [6.07, 6.45) is -1.63. The van der Waals surface area contributed by atoms with Gasteiger partial charge in [0, 0.05) is 12.8 Å². The quantitative estimate of drug-likeness (QED) is 0.119. The Balaban J connectivity index is 2.21. The second kappa shape index (κ2) is 15.6. The first-order valence-electron chi connectivity index (χ1n) is 12.6. The molecule has 0 saturated heterocycles. The van der Waals surface area contributed by atoms with Crippen molar-refractivity contribution in [3.63, 3.8) is 0 Å². The van der Waals surface area contributed by atoms with Crippen LogP contribution in [-0.4, -0.2) is 75.1 Å². The van der Waals surface area contributed by atoms with Crippen LogP contribution >= 0.6 is 0 Å². The molecule has 0 bridgehead atoms. The minimum absolute atomic E-state index is 0.0222. The van der Waals surface area contributed by atoms with Crippen molar-refractivity contribution in [1.82, 2.24) is 16.0 Å². The largest absolute Gasteiger partial charge is 0.508 e. The van der Waals surface area contributed by atoms with Crippen LogP contribution in [0.3, 0.4) is 0 Å². The summed E-state index contributed by atoms with van der Waals surface area (Å²) in [5.74, 6) is -6.39. The van der Waals surface area contributed by atoms with E-state index in [0.717, 1.165) is 0 Å². The van der Waals surface area contributed by atoms with Crippen LogP contribution in [0.5, 0.6) is 5.75 Å². The lowest BCUT2D eigenvalue weighted by Gasteiger charge is -2.25. The highest BCUT2D eigenvalue weighted by molar-refractivity contribution is 5.96. The van der Waals surface area contributed by atoms with Gasteiger partial charge in [0.15, 0.2) is 0 Å². The molecule has 4 atom stereocenters. The van der Waals surface area contributed by atoms with Gasteiger partial charge in [0.1, 0.15) is 23.9 Å². The Morgan fingerprint density at radius 2 is 1.24 bits per heavy atom. The summed E-state index contributed by atoms with van der Waals surface area (Å²) in [5, 5.41) is 34.6. The molecule has 0 saturated carbocycles. The number of nitrogens with one attached hydrogen (secondary N) is 3. The first kappa shape index (κ1) is 32.2. The molecule has 220 valence electrons. The molecule has 0 heterocycles. The highest BCUT2D eigenvalue weighted by Crippen LogP contribution is 2.11. The van der Waals surface area contributed by atoms with Crippen molar-refractivity contribution in [2.75, 3.05) is 0 Å². The minimum atomic E-state index is -1.62. The van der Waals surface area contributed by atoms with E-state index in [1.807, 2.05) is 0 Å². The van der Waals surface area contributed by atoms with Crippen LogP contribution in [0, 0.1) is 0 Å². The zero-order valence-corrected chi connectivity index (χ0v) is 22.0. The number of aromatic hydroxyl groups is 1. The number of primary amides is 1. The van der Waals surface area contributed by atoms with Gasteiger partial charge in [-0.25, -0.2) is 4.79 Å². The van der Waals surface area contributed by atoms with E-state index in [-0.39, 0.29) is 18.6 Å². The third-order valence-corrected chi connectivity index (χ3v) is 5.94. The van der Waals surface area contributed by atoms with Gasteiger partial charge in [0.05, 0.1) is 12.5 Å². The third kappa shape index (κ3) is 11.3. The maximum atomic E-state index is 13.3. The predicted molar refractivity (Wildman–Crippen MR) is 144 cm³/mol. The molecular formula is C27H33N5O9. The van der Waals surface area contributed by atoms with E-state index in [1.54, 1.807) is 42.5 Å². The zero-order chi connectivity index (χ0) is 30.5. The lowest BCUT2D eigenvalue weighted by molar-refractivity contribution is -0.143. The van der Waals surface area contributed by atoms with Crippen molar-refractivity contribution in [1.29, 1.82) is 0 Å². The van der Waals surface area contributed by atoms with Crippen LogP contribution in [0.15, 0.2) is 54.6 Å². The summed E-state index contributed by atoms with van der Waals surface area (Å²) in [6.45, 7) is 0. The van der Waals surface area contributed by atoms with E-state index < -0.39 is 79.0 Å². The molecule has 14 heteroatoms. The Morgan fingerprint density at radius 3 is 1.80 bits per heavy atom. The summed E-state index contributed by atoms with van der Waals surface area (Å²) in [4.78, 5) is 73.1. The Bertz CT molecular complexity index is 1240. The van der Waals surface area contributed by atoms with Crippen LogP contribution in [0.1, 0.15) is 30.4 Å². The number of carbonyl (C=O) groups is 6. The van der Waals surface area contributed by atoms with E-state index in [0.29, 0.717) is 11.1 Å². The number of carbonyl (C=O) groups excluding carboxylic acids is 4. The molecule has 0 aliphatic carbocycles. The van der Waals surface area contributed by atoms with E-state index in [9.17, 15) is 39.0 Å². The second-order valence-corrected chi connectivity index (χ2v) is 9.29. The van der Waals surface area contributed by atoms with Gasteiger partial charge in [-0.1, -0.05) is 42.5 Å². The molecule has 0 spiro atoms. The molecule has 41 heavy (non-hydrogen) atoms. The van der Waals surface area contributed by atoms with E-state index in [2.05, 4.69) is 16.0 Å². The fourth-order valence-corrected chi connectivity index (χ4v) is 3.80. The van der Waals surface area contributed by atoms with Crippen LogP contribution in [0.4, 0.5) is 0 Å².